The fraction of sp³-hybridized carbons (Fsp3) is 0.286. The minimum atomic E-state index is -1.02. The van der Waals surface area contributed by atoms with Crippen molar-refractivity contribution in [2.45, 2.75) is 6.92 Å². The molecular formula is C7H9N3O2. The summed E-state index contributed by atoms with van der Waals surface area (Å²) >= 11 is 0. The zero-order chi connectivity index (χ0) is 8.97. The first kappa shape index (κ1) is 8.45. The number of hydrogen-bond donors (Lipinski definition) is 1. The van der Waals surface area contributed by atoms with Gasteiger partial charge in [-0.25, -0.2) is 4.79 Å². The Morgan fingerprint density at radius 3 is 2.92 bits per heavy atom. The van der Waals surface area contributed by atoms with Gasteiger partial charge in [0.25, 0.3) is 0 Å². The molecule has 0 radical (unpaired) electrons. The van der Waals surface area contributed by atoms with Crippen LogP contribution in [0.1, 0.15) is 6.92 Å². The van der Waals surface area contributed by atoms with Crippen molar-refractivity contribution in [3.05, 3.63) is 18.3 Å². The molecule has 0 saturated heterocycles. The number of nitrogens with zero attached hydrogens (tertiary/aromatic N) is 3. The van der Waals surface area contributed by atoms with Gasteiger partial charge in [-0.3, -0.25) is 4.90 Å². The van der Waals surface area contributed by atoms with Crippen molar-refractivity contribution in [2.75, 3.05) is 11.4 Å². The Kier molecular flexibility index (Phi) is 2.57. The average molecular weight is 167 g/mol. The van der Waals surface area contributed by atoms with Crippen LogP contribution in [-0.4, -0.2) is 27.9 Å². The Labute approximate surface area is 69.6 Å². The highest BCUT2D eigenvalue weighted by molar-refractivity contribution is 5.84. The Morgan fingerprint density at radius 1 is 1.75 bits per heavy atom. The van der Waals surface area contributed by atoms with Gasteiger partial charge in [-0.05, 0) is 19.1 Å². The predicted octanol–water partition coefficient (Wildman–Crippen LogP) is 0.981. The SMILES string of the molecule is CCN(C(=O)O)c1cccnn1. The van der Waals surface area contributed by atoms with Crippen LogP contribution in [0.2, 0.25) is 0 Å². The fourth-order valence-corrected chi connectivity index (χ4v) is 0.833. The third-order valence-electron chi connectivity index (χ3n) is 1.38. The first-order valence-electron chi connectivity index (χ1n) is 3.54. The molecule has 0 unspecified atom stereocenters. The van der Waals surface area contributed by atoms with Gasteiger partial charge < -0.3 is 5.11 Å². The summed E-state index contributed by atoms with van der Waals surface area (Å²) in [5.41, 5.74) is 0. The summed E-state index contributed by atoms with van der Waals surface area (Å²) < 4.78 is 0. The van der Waals surface area contributed by atoms with Crippen LogP contribution in [0.5, 0.6) is 0 Å². The molecule has 0 fully saturated rings. The van der Waals surface area contributed by atoms with E-state index in [0.717, 1.165) is 4.90 Å². The first-order chi connectivity index (χ1) is 5.75. The van der Waals surface area contributed by atoms with E-state index in [4.69, 9.17) is 5.11 Å². The smallest absolute Gasteiger partial charge is 0.413 e. The summed E-state index contributed by atoms with van der Waals surface area (Å²) in [6, 6.07) is 3.25. The molecule has 1 amide bonds. The van der Waals surface area contributed by atoms with Crippen LogP contribution < -0.4 is 4.90 Å². The van der Waals surface area contributed by atoms with Crippen molar-refractivity contribution < 1.29 is 9.90 Å². The zero-order valence-electron chi connectivity index (χ0n) is 6.64. The average Bonchev–Trinajstić information content (AvgIpc) is 2.07. The van der Waals surface area contributed by atoms with E-state index in [1.165, 1.54) is 6.20 Å². The summed E-state index contributed by atoms with van der Waals surface area (Å²) in [6.07, 6.45) is 0.483. The molecule has 0 bridgehead atoms. The van der Waals surface area contributed by atoms with Gasteiger partial charge in [-0.1, -0.05) is 0 Å². The van der Waals surface area contributed by atoms with Crippen LogP contribution in [0.15, 0.2) is 18.3 Å². The molecule has 1 N–H and O–H groups in total. The van der Waals surface area contributed by atoms with Gasteiger partial charge in [0.05, 0.1) is 0 Å². The van der Waals surface area contributed by atoms with E-state index in [9.17, 15) is 4.79 Å². The van der Waals surface area contributed by atoms with Crippen LogP contribution in [0.4, 0.5) is 10.6 Å². The molecule has 0 atom stereocenters. The summed E-state index contributed by atoms with van der Waals surface area (Å²) in [5, 5.41) is 15.9. The van der Waals surface area contributed by atoms with Crippen molar-refractivity contribution >= 4 is 11.9 Å². The normalized spacial score (nSPS) is 9.42. The molecule has 0 aliphatic heterocycles. The third-order valence-corrected chi connectivity index (χ3v) is 1.38. The molecule has 0 aliphatic rings. The second-order valence-electron chi connectivity index (χ2n) is 2.11. The number of carboxylic acid groups (broad SMARTS) is 1. The second-order valence-corrected chi connectivity index (χ2v) is 2.11. The maximum atomic E-state index is 10.6. The van der Waals surface area contributed by atoms with Gasteiger partial charge in [0.15, 0.2) is 5.82 Å². The molecule has 1 rings (SSSR count). The number of aromatic nitrogens is 2. The lowest BCUT2D eigenvalue weighted by molar-refractivity contribution is 0.202. The zero-order valence-corrected chi connectivity index (χ0v) is 6.64. The van der Waals surface area contributed by atoms with Crippen molar-refractivity contribution in [3.8, 4) is 0 Å². The highest BCUT2D eigenvalue weighted by Gasteiger charge is 2.12. The van der Waals surface area contributed by atoms with Crippen molar-refractivity contribution in [1.82, 2.24) is 10.2 Å². The highest BCUT2D eigenvalue weighted by atomic mass is 16.4. The minimum absolute atomic E-state index is 0.354. The lowest BCUT2D eigenvalue weighted by atomic mass is 10.5. The molecule has 1 aromatic rings. The van der Waals surface area contributed by atoms with Crippen molar-refractivity contribution in [2.24, 2.45) is 0 Å². The molecule has 0 aromatic carbocycles. The molecule has 0 aliphatic carbocycles. The van der Waals surface area contributed by atoms with Gasteiger partial charge in [-0.2, -0.15) is 5.10 Å². The molecule has 5 nitrogen and oxygen atoms in total. The number of carbonyl (C=O) groups is 1. The lowest BCUT2D eigenvalue weighted by Crippen LogP contribution is -2.29. The molecule has 1 aromatic heterocycles. The minimum Gasteiger partial charge on any atom is -0.465 e. The van der Waals surface area contributed by atoms with E-state index in [-0.39, 0.29) is 0 Å². The monoisotopic (exact) mass is 167 g/mol. The quantitative estimate of drug-likeness (QED) is 0.713. The molecule has 64 valence electrons. The van der Waals surface area contributed by atoms with Crippen molar-refractivity contribution in [3.63, 3.8) is 0 Å². The van der Waals surface area contributed by atoms with E-state index >= 15 is 0 Å². The van der Waals surface area contributed by atoms with Crippen LogP contribution >= 0.6 is 0 Å². The van der Waals surface area contributed by atoms with Crippen LogP contribution in [0, 0.1) is 0 Å². The summed E-state index contributed by atoms with van der Waals surface area (Å²) in [5.74, 6) is 0.354. The first-order valence-corrected chi connectivity index (χ1v) is 3.54. The van der Waals surface area contributed by atoms with Crippen LogP contribution in [0.3, 0.4) is 0 Å². The number of hydrogen-bond acceptors (Lipinski definition) is 3. The van der Waals surface area contributed by atoms with Gasteiger partial charge in [-0.15, -0.1) is 5.10 Å². The second kappa shape index (κ2) is 3.66. The van der Waals surface area contributed by atoms with E-state index in [0.29, 0.717) is 12.4 Å². The molecule has 5 heteroatoms. The number of amides is 1. The summed E-state index contributed by atoms with van der Waals surface area (Å²) in [4.78, 5) is 11.7. The molecule has 1 heterocycles. The third kappa shape index (κ3) is 1.69. The number of anilines is 1. The Bertz CT molecular complexity index is 263. The van der Waals surface area contributed by atoms with E-state index in [1.807, 2.05) is 0 Å². The summed E-state index contributed by atoms with van der Waals surface area (Å²) in [7, 11) is 0. The molecular weight excluding hydrogens is 158 g/mol. The van der Waals surface area contributed by atoms with Crippen LogP contribution in [0.25, 0.3) is 0 Å². The molecule has 0 saturated carbocycles. The van der Waals surface area contributed by atoms with Crippen molar-refractivity contribution in [1.29, 1.82) is 0 Å². The lowest BCUT2D eigenvalue weighted by Gasteiger charge is -2.13. The van der Waals surface area contributed by atoms with Gasteiger partial charge >= 0.3 is 6.09 Å². The van der Waals surface area contributed by atoms with Gasteiger partial charge in [0.1, 0.15) is 0 Å². The maximum absolute atomic E-state index is 10.6. The maximum Gasteiger partial charge on any atom is 0.413 e. The summed E-state index contributed by atoms with van der Waals surface area (Å²) in [6.45, 7) is 2.11. The Hall–Kier alpha value is -1.65. The Morgan fingerprint density at radius 2 is 2.50 bits per heavy atom. The standard InChI is InChI=1S/C7H9N3O2/c1-2-10(7(11)12)6-4-3-5-8-9-6/h3-5H,2H2,1H3,(H,11,12). The van der Waals surface area contributed by atoms with E-state index in [1.54, 1.807) is 19.1 Å². The largest absolute Gasteiger partial charge is 0.465 e. The van der Waals surface area contributed by atoms with E-state index in [2.05, 4.69) is 10.2 Å². The Balaban J connectivity index is 2.88. The highest BCUT2D eigenvalue weighted by Crippen LogP contribution is 2.06. The number of rotatable bonds is 2. The topological polar surface area (TPSA) is 66.3 Å². The fourth-order valence-electron chi connectivity index (χ4n) is 0.833. The predicted molar refractivity (Wildman–Crippen MR) is 43.1 cm³/mol. The molecule has 12 heavy (non-hydrogen) atoms. The van der Waals surface area contributed by atoms with Gasteiger partial charge in [0.2, 0.25) is 0 Å². The van der Waals surface area contributed by atoms with Gasteiger partial charge in [0, 0.05) is 12.7 Å². The van der Waals surface area contributed by atoms with E-state index < -0.39 is 6.09 Å². The molecule has 0 spiro atoms. The van der Waals surface area contributed by atoms with Crippen LogP contribution in [-0.2, 0) is 0 Å².